The minimum Gasteiger partial charge on any atom is -0.396 e. The summed E-state index contributed by atoms with van der Waals surface area (Å²) in [6.07, 6.45) is 3.99. The van der Waals surface area contributed by atoms with Crippen LogP contribution in [-0.4, -0.2) is 32.5 Å². The van der Waals surface area contributed by atoms with Crippen LogP contribution in [0, 0.1) is 6.92 Å². The van der Waals surface area contributed by atoms with E-state index in [9.17, 15) is 9.59 Å². The van der Waals surface area contributed by atoms with E-state index in [4.69, 9.17) is 5.11 Å². The molecule has 0 bridgehead atoms. The highest BCUT2D eigenvalue weighted by atomic mass is 16.3. The Bertz CT molecular complexity index is 754. The zero-order valence-electron chi connectivity index (χ0n) is 13.1. The Morgan fingerprint density at radius 1 is 1.50 bits per heavy atom. The van der Waals surface area contributed by atoms with Crippen molar-refractivity contribution < 1.29 is 9.90 Å². The largest absolute Gasteiger partial charge is 0.396 e. The van der Waals surface area contributed by atoms with Crippen molar-refractivity contribution in [3.63, 3.8) is 0 Å². The van der Waals surface area contributed by atoms with Crippen LogP contribution in [0.5, 0.6) is 0 Å². The van der Waals surface area contributed by atoms with Crippen LogP contribution < -0.4 is 10.9 Å². The van der Waals surface area contributed by atoms with E-state index in [1.54, 1.807) is 12.3 Å². The Kier molecular flexibility index (Phi) is 4.61. The molecule has 0 aromatic carbocycles. The van der Waals surface area contributed by atoms with Gasteiger partial charge in [-0.05, 0) is 38.3 Å². The van der Waals surface area contributed by atoms with Crippen LogP contribution in [-0.2, 0) is 0 Å². The highest BCUT2D eigenvalue weighted by Gasteiger charge is 2.26. The molecule has 0 aliphatic heterocycles. The molecule has 118 valence electrons. The minimum atomic E-state index is -0.551. The number of aryl methyl sites for hydroxylation is 1. The number of carbonyl (C=O) groups excluding carboxylic acids is 1. The lowest BCUT2D eigenvalue weighted by Gasteiger charge is -2.28. The lowest BCUT2D eigenvalue weighted by Crippen LogP contribution is -2.47. The van der Waals surface area contributed by atoms with Crippen LogP contribution in [0.15, 0.2) is 29.3 Å². The molecule has 0 radical (unpaired) electrons. The molecule has 0 saturated carbocycles. The monoisotopic (exact) mass is 303 g/mol. The van der Waals surface area contributed by atoms with E-state index in [0.717, 1.165) is 5.56 Å². The van der Waals surface area contributed by atoms with Crippen molar-refractivity contribution in [2.45, 2.75) is 39.2 Å². The van der Waals surface area contributed by atoms with Crippen molar-refractivity contribution >= 4 is 11.6 Å². The molecule has 0 aliphatic carbocycles. The predicted octanol–water partition coefficient (Wildman–Crippen LogP) is 1.28. The Balaban J connectivity index is 2.41. The number of aliphatic hydroxyl groups is 1. The molecule has 0 spiro atoms. The van der Waals surface area contributed by atoms with Crippen molar-refractivity contribution in [3.8, 4) is 0 Å². The number of rotatable bonds is 5. The van der Waals surface area contributed by atoms with Crippen LogP contribution in [0.4, 0.5) is 0 Å². The van der Waals surface area contributed by atoms with Gasteiger partial charge in [0.25, 0.3) is 11.5 Å². The van der Waals surface area contributed by atoms with Gasteiger partial charge in [0.2, 0.25) is 0 Å². The van der Waals surface area contributed by atoms with E-state index in [0.29, 0.717) is 18.5 Å². The number of hydrogen-bond acceptors (Lipinski definition) is 4. The van der Waals surface area contributed by atoms with Crippen LogP contribution >= 0.6 is 0 Å². The number of hydrogen-bond donors (Lipinski definition) is 2. The molecule has 0 aliphatic rings. The second-order valence-electron chi connectivity index (χ2n) is 5.70. The molecule has 2 N–H and O–H groups in total. The average Bonchev–Trinajstić information content (AvgIpc) is 2.48. The number of carbonyl (C=O) groups is 1. The van der Waals surface area contributed by atoms with Gasteiger partial charge in [-0.15, -0.1) is 0 Å². The second-order valence-corrected chi connectivity index (χ2v) is 5.70. The summed E-state index contributed by atoms with van der Waals surface area (Å²) >= 11 is 0. The molecular weight excluding hydrogens is 282 g/mol. The summed E-state index contributed by atoms with van der Waals surface area (Å²) in [6.45, 7) is 5.60. The van der Waals surface area contributed by atoms with Gasteiger partial charge in [0, 0.05) is 24.5 Å². The number of amides is 1. The van der Waals surface area contributed by atoms with Gasteiger partial charge in [-0.25, -0.2) is 4.98 Å². The quantitative estimate of drug-likeness (QED) is 0.871. The fraction of sp³-hybridized carbons (Fsp3) is 0.438. The zero-order valence-corrected chi connectivity index (χ0v) is 13.1. The van der Waals surface area contributed by atoms with Crippen LogP contribution in [0.2, 0.25) is 0 Å². The fourth-order valence-corrected chi connectivity index (χ4v) is 2.32. The Morgan fingerprint density at radius 2 is 2.23 bits per heavy atom. The van der Waals surface area contributed by atoms with Crippen molar-refractivity contribution in [1.29, 1.82) is 0 Å². The topological polar surface area (TPSA) is 83.7 Å². The molecule has 2 heterocycles. The lowest BCUT2D eigenvalue weighted by atomic mass is 9.94. The zero-order chi connectivity index (χ0) is 16.3. The maximum atomic E-state index is 12.5. The third kappa shape index (κ3) is 3.01. The maximum Gasteiger partial charge on any atom is 0.270 e. The van der Waals surface area contributed by atoms with Crippen molar-refractivity contribution in [1.82, 2.24) is 14.7 Å². The van der Waals surface area contributed by atoms with Crippen LogP contribution in [0.1, 0.15) is 42.6 Å². The van der Waals surface area contributed by atoms with E-state index in [1.807, 2.05) is 26.8 Å². The summed E-state index contributed by atoms with van der Waals surface area (Å²) in [4.78, 5) is 29.1. The molecule has 6 heteroatoms. The van der Waals surface area contributed by atoms with Gasteiger partial charge in [0.1, 0.15) is 11.2 Å². The number of pyridine rings is 1. The first-order chi connectivity index (χ1) is 10.4. The summed E-state index contributed by atoms with van der Waals surface area (Å²) in [5, 5.41) is 11.9. The van der Waals surface area contributed by atoms with E-state index < -0.39 is 17.0 Å². The lowest BCUT2D eigenvalue weighted by molar-refractivity contribution is 0.0884. The van der Waals surface area contributed by atoms with Gasteiger partial charge < -0.3 is 10.4 Å². The van der Waals surface area contributed by atoms with Crippen LogP contribution in [0.3, 0.4) is 0 Å². The highest BCUT2D eigenvalue weighted by Crippen LogP contribution is 2.14. The third-order valence-electron chi connectivity index (χ3n) is 4.03. The molecule has 2 rings (SSSR count). The Hall–Kier alpha value is -2.21. The highest BCUT2D eigenvalue weighted by molar-refractivity contribution is 5.94. The van der Waals surface area contributed by atoms with Crippen molar-refractivity contribution in [2.75, 3.05) is 6.61 Å². The normalized spacial score (nSPS) is 13.8. The van der Waals surface area contributed by atoms with Gasteiger partial charge in [-0.1, -0.05) is 13.0 Å². The predicted molar refractivity (Wildman–Crippen MR) is 84.1 cm³/mol. The van der Waals surface area contributed by atoms with Crippen molar-refractivity contribution in [2.24, 2.45) is 0 Å². The number of fused-ring (bicyclic) bond motifs is 1. The molecule has 1 unspecified atom stereocenters. The van der Waals surface area contributed by atoms with E-state index in [1.165, 1.54) is 10.6 Å². The standard InChI is InChI=1S/C16H21N3O3/c1-4-16(3,7-9-20)18-14(21)12-10-17-13-11(2)6-5-8-19(13)15(12)22/h5-6,8,10,20H,4,7,9H2,1-3H3,(H,18,21). The summed E-state index contributed by atoms with van der Waals surface area (Å²) in [5.74, 6) is -0.466. The average molecular weight is 303 g/mol. The van der Waals surface area contributed by atoms with E-state index >= 15 is 0 Å². The molecule has 0 saturated heterocycles. The summed E-state index contributed by atoms with van der Waals surface area (Å²) in [6, 6.07) is 3.60. The van der Waals surface area contributed by atoms with Gasteiger partial charge in [-0.2, -0.15) is 0 Å². The smallest absolute Gasteiger partial charge is 0.270 e. The first kappa shape index (κ1) is 16.2. The molecule has 2 aromatic rings. The fourth-order valence-electron chi connectivity index (χ4n) is 2.32. The molecular formula is C16H21N3O3. The molecule has 6 nitrogen and oxygen atoms in total. The number of aliphatic hydroxyl groups excluding tert-OH is 1. The summed E-state index contributed by atoms with van der Waals surface area (Å²) in [7, 11) is 0. The second kappa shape index (κ2) is 6.27. The van der Waals surface area contributed by atoms with Crippen molar-refractivity contribution in [3.05, 3.63) is 46.0 Å². The number of nitrogens with one attached hydrogen (secondary N) is 1. The molecule has 1 amide bonds. The molecule has 22 heavy (non-hydrogen) atoms. The molecule has 2 aromatic heterocycles. The summed E-state index contributed by atoms with van der Waals surface area (Å²) in [5.41, 5.74) is 0.460. The van der Waals surface area contributed by atoms with E-state index in [2.05, 4.69) is 10.3 Å². The SMILES string of the molecule is CCC(C)(CCO)NC(=O)c1cnc2c(C)cccn2c1=O. The third-order valence-corrected chi connectivity index (χ3v) is 4.03. The van der Waals surface area contributed by atoms with Gasteiger partial charge in [0.15, 0.2) is 0 Å². The van der Waals surface area contributed by atoms with E-state index in [-0.39, 0.29) is 12.2 Å². The van der Waals surface area contributed by atoms with Gasteiger partial charge >= 0.3 is 0 Å². The number of aromatic nitrogens is 2. The summed E-state index contributed by atoms with van der Waals surface area (Å²) < 4.78 is 1.37. The Morgan fingerprint density at radius 3 is 2.86 bits per heavy atom. The van der Waals surface area contributed by atoms with Crippen LogP contribution in [0.25, 0.3) is 5.65 Å². The van der Waals surface area contributed by atoms with Gasteiger partial charge in [-0.3, -0.25) is 14.0 Å². The Labute approximate surface area is 128 Å². The minimum absolute atomic E-state index is 0.000662. The molecule has 1 atom stereocenters. The number of nitrogens with zero attached hydrogens (tertiary/aromatic N) is 2. The maximum absolute atomic E-state index is 12.5. The van der Waals surface area contributed by atoms with Gasteiger partial charge in [0.05, 0.1) is 0 Å². The molecule has 0 fully saturated rings. The first-order valence-electron chi connectivity index (χ1n) is 7.32. The first-order valence-corrected chi connectivity index (χ1v) is 7.32.